The molecule has 1 heterocycles. The van der Waals surface area contributed by atoms with Gasteiger partial charge < -0.3 is 19.3 Å². The van der Waals surface area contributed by atoms with Gasteiger partial charge in [-0.2, -0.15) is 0 Å². The van der Waals surface area contributed by atoms with E-state index < -0.39 is 0 Å². The summed E-state index contributed by atoms with van der Waals surface area (Å²) in [5, 5.41) is 10.2. The van der Waals surface area contributed by atoms with Crippen LogP contribution in [0.15, 0.2) is 30.3 Å². The minimum Gasteiger partial charge on any atom is -0.508 e. The maximum absolute atomic E-state index is 10.2. The van der Waals surface area contributed by atoms with E-state index >= 15 is 0 Å². The third-order valence-corrected chi connectivity index (χ3v) is 8.35. The predicted octanol–water partition coefficient (Wildman–Crippen LogP) is 5.14. The van der Waals surface area contributed by atoms with E-state index in [2.05, 4.69) is 29.2 Å². The van der Waals surface area contributed by atoms with Crippen molar-refractivity contribution in [2.24, 2.45) is 5.92 Å². The van der Waals surface area contributed by atoms with Crippen LogP contribution in [-0.2, 0) is 18.3 Å². The average Bonchev–Trinajstić information content (AvgIpc) is 2.83. The van der Waals surface area contributed by atoms with Gasteiger partial charge in [0, 0.05) is 18.0 Å². The molecule has 2 aromatic rings. The van der Waals surface area contributed by atoms with Crippen LogP contribution in [0.1, 0.15) is 48.8 Å². The van der Waals surface area contributed by atoms with Crippen molar-refractivity contribution in [3.05, 3.63) is 47.0 Å². The molecule has 1 N–H and O–H groups in total. The lowest BCUT2D eigenvalue weighted by Crippen LogP contribution is -2.61. The number of piperidine rings is 1. The molecule has 3 atom stereocenters. The zero-order valence-corrected chi connectivity index (χ0v) is 20.7. The number of benzene rings is 2. The Balaban J connectivity index is 0.00000259. The minimum atomic E-state index is 0. The third-order valence-electron chi connectivity index (χ3n) is 8.35. The van der Waals surface area contributed by atoms with E-state index in [0.29, 0.717) is 23.5 Å². The van der Waals surface area contributed by atoms with Gasteiger partial charge in [0.1, 0.15) is 5.75 Å². The summed E-state index contributed by atoms with van der Waals surface area (Å²) in [7, 11) is 4.99. The van der Waals surface area contributed by atoms with Gasteiger partial charge in [0.15, 0.2) is 11.5 Å². The zero-order chi connectivity index (χ0) is 22.3. The van der Waals surface area contributed by atoms with Crippen LogP contribution in [0.5, 0.6) is 23.0 Å². The highest BCUT2D eigenvalue weighted by atomic mass is 35.5. The molecule has 0 radical (unpaired) electrons. The number of aromatic hydroxyl groups is 1. The fraction of sp³-hybridized carbons (Fsp3) is 0.556. The molecule has 3 aliphatic rings. The maximum atomic E-state index is 10.2. The molecule has 6 heteroatoms. The number of methoxy groups -OCH3 is 3. The standard InChI is InChI=1S/C27H35NO4.ClH/c1-30-24-14-18(15-25(31-2)26(24)32-3)9-12-28-13-11-27-10-5-4-6-21(27)23(28)16-19-7-8-20(29)17-22(19)27;/h7-8,14-15,17,21,23,29H,4-6,9-13,16H2,1-3H3;1H/t21-,23+,27+;/m0./s1. The van der Waals surface area contributed by atoms with Gasteiger partial charge in [-0.3, -0.25) is 4.90 Å². The summed E-state index contributed by atoms with van der Waals surface area (Å²) in [6.07, 6.45) is 8.46. The van der Waals surface area contributed by atoms with Crippen molar-refractivity contribution in [2.75, 3.05) is 34.4 Å². The molecule has 1 saturated carbocycles. The summed E-state index contributed by atoms with van der Waals surface area (Å²) in [5.41, 5.74) is 4.37. The predicted molar refractivity (Wildman–Crippen MR) is 132 cm³/mol. The highest BCUT2D eigenvalue weighted by Gasteiger charge is 2.53. The van der Waals surface area contributed by atoms with Gasteiger partial charge in [0.05, 0.1) is 21.3 Å². The zero-order valence-electron chi connectivity index (χ0n) is 19.9. The van der Waals surface area contributed by atoms with E-state index in [9.17, 15) is 5.11 Å². The number of rotatable bonds is 6. The van der Waals surface area contributed by atoms with Gasteiger partial charge in [-0.15, -0.1) is 12.4 Å². The number of nitrogens with zero attached hydrogens (tertiary/aromatic N) is 1. The Kier molecular flexibility index (Phi) is 7.01. The second-order valence-electron chi connectivity index (χ2n) is 9.69. The van der Waals surface area contributed by atoms with Crippen LogP contribution in [0.4, 0.5) is 0 Å². The number of hydrogen-bond donors (Lipinski definition) is 1. The molecule has 2 bridgehead atoms. The van der Waals surface area contributed by atoms with Gasteiger partial charge in [-0.05, 0) is 85.5 Å². The molecule has 2 aromatic carbocycles. The molecule has 1 saturated heterocycles. The second kappa shape index (κ2) is 9.63. The Morgan fingerprint density at radius 2 is 1.76 bits per heavy atom. The van der Waals surface area contributed by atoms with E-state index in [-0.39, 0.29) is 17.8 Å². The first-order valence-corrected chi connectivity index (χ1v) is 11.9. The molecule has 5 rings (SSSR count). The van der Waals surface area contributed by atoms with Crippen LogP contribution in [0.25, 0.3) is 0 Å². The average molecular weight is 474 g/mol. The summed E-state index contributed by atoms with van der Waals surface area (Å²) >= 11 is 0. The van der Waals surface area contributed by atoms with E-state index in [1.54, 1.807) is 21.3 Å². The van der Waals surface area contributed by atoms with Crippen molar-refractivity contribution in [3.8, 4) is 23.0 Å². The molecule has 33 heavy (non-hydrogen) atoms. The lowest BCUT2D eigenvalue weighted by atomic mass is 9.52. The van der Waals surface area contributed by atoms with Crippen LogP contribution < -0.4 is 14.2 Å². The van der Waals surface area contributed by atoms with Crippen LogP contribution in [0.3, 0.4) is 0 Å². The molecule has 2 aliphatic carbocycles. The number of phenols is 1. The van der Waals surface area contributed by atoms with Crippen molar-refractivity contribution in [3.63, 3.8) is 0 Å². The Morgan fingerprint density at radius 1 is 1.00 bits per heavy atom. The normalized spacial score (nSPS) is 25.9. The number of ether oxygens (including phenoxy) is 3. The molecule has 5 nitrogen and oxygen atoms in total. The van der Waals surface area contributed by atoms with Crippen LogP contribution in [-0.4, -0.2) is 50.5 Å². The molecule has 180 valence electrons. The number of hydrogen-bond acceptors (Lipinski definition) is 5. The first kappa shape index (κ1) is 24.0. The largest absolute Gasteiger partial charge is 0.508 e. The Morgan fingerprint density at radius 3 is 2.45 bits per heavy atom. The summed E-state index contributed by atoms with van der Waals surface area (Å²) in [6.45, 7) is 2.16. The van der Waals surface area contributed by atoms with E-state index in [1.165, 1.54) is 48.8 Å². The van der Waals surface area contributed by atoms with Crippen molar-refractivity contribution >= 4 is 12.4 Å². The highest BCUT2D eigenvalue weighted by molar-refractivity contribution is 5.85. The lowest BCUT2D eigenvalue weighted by molar-refractivity contribution is -0.0107. The molecular weight excluding hydrogens is 438 g/mol. The summed E-state index contributed by atoms with van der Waals surface area (Å²) < 4.78 is 16.6. The maximum Gasteiger partial charge on any atom is 0.203 e. The molecule has 1 aliphatic heterocycles. The van der Waals surface area contributed by atoms with Gasteiger partial charge in [0.25, 0.3) is 0 Å². The molecule has 0 spiro atoms. The Bertz CT molecular complexity index is 971. The van der Waals surface area contributed by atoms with E-state index in [4.69, 9.17) is 14.2 Å². The van der Waals surface area contributed by atoms with Crippen LogP contribution in [0, 0.1) is 5.92 Å². The summed E-state index contributed by atoms with van der Waals surface area (Å²) in [6, 6.07) is 10.9. The fourth-order valence-electron chi connectivity index (χ4n) is 6.90. The van der Waals surface area contributed by atoms with Gasteiger partial charge in [-0.1, -0.05) is 18.9 Å². The topological polar surface area (TPSA) is 51.2 Å². The van der Waals surface area contributed by atoms with Gasteiger partial charge >= 0.3 is 0 Å². The van der Waals surface area contributed by atoms with Crippen molar-refractivity contribution in [1.82, 2.24) is 4.90 Å². The van der Waals surface area contributed by atoms with Gasteiger partial charge in [0.2, 0.25) is 5.75 Å². The molecule has 0 amide bonds. The Labute approximate surface area is 203 Å². The quantitative estimate of drug-likeness (QED) is 0.629. The first-order chi connectivity index (χ1) is 15.6. The second-order valence-corrected chi connectivity index (χ2v) is 9.69. The minimum absolute atomic E-state index is 0. The van der Waals surface area contributed by atoms with E-state index in [1.807, 2.05) is 6.07 Å². The fourth-order valence-corrected chi connectivity index (χ4v) is 6.90. The number of likely N-dealkylation sites (tertiary alicyclic amines) is 1. The monoisotopic (exact) mass is 473 g/mol. The number of halogens is 1. The summed E-state index contributed by atoms with van der Waals surface area (Å²) in [5.74, 6) is 3.21. The van der Waals surface area contributed by atoms with Crippen molar-refractivity contribution in [1.29, 1.82) is 0 Å². The molecule has 0 aromatic heterocycles. The third kappa shape index (κ3) is 4.04. The smallest absolute Gasteiger partial charge is 0.203 e. The molecule has 2 fully saturated rings. The Hall–Kier alpha value is -2.11. The summed E-state index contributed by atoms with van der Waals surface area (Å²) in [4.78, 5) is 2.73. The van der Waals surface area contributed by atoms with Crippen molar-refractivity contribution in [2.45, 2.75) is 56.4 Å². The van der Waals surface area contributed by atoms with Crippen LogP contribution in [0.2, 0.25) is 0 Å². The highest BCUT2D eigenvalue weighted by Crippen LogP contribution is 2.56. The molecular formula is C27H36ClNO4. The van der Waals surface area contributed by atoms with Crippen molar-refractivity contribution < 1.29 is 19.3 Å². The molecule has 0 unspecified atom stereocenters. The number of phenolic OH excluding ortho intramolecular Hbond substituents is 1. The van der Waals surface area contributed by atoms with Crippen LogP contribution >= 0.6 is 12.4 Å². The number of fused-ring (bicyclic) bond motifs is 1. The SMILES string of the molecule is COc1cc(CCN2CC[C@]34CCCC[C@H]3[C@H]2Cc2ccc(O)cc24)cc(OC)c1OC.Cl. The van der Waals surface area contributed by atoms with Gasteiger partial charge in [-0.25, -0.2) is 0 Å². The first-order valence-electron chi connectivity index (χ1n) is 11.9. The lowest BCUT2D eigenvalue weighted by Gasteiger charge is -2.59. The van der Waals surface area contributed by atoms with E-state index in [0.717, 1.165) is 37.4 Å².